The van der Waals surface area contributed by atoms with Gasteiger partial charge in [-0.05, 0) is 37.6 Å². The Balaban J connectivity index is 1.71. The number of hydrogen-bond acceptors (Lipinski definition) is 3. The summed E-state index contributed by atoms with van der Waals surface area (Å²) < 4.78 is 40.3. The van der Waals surface area contributed by atoms with E-state index in [4.69, 9.17) is 0 Å². The number of nitrogens with one attached hydrogen (secondary N) is 1. The lowest BCUT2D eigenvalue weighted by atomic mass is 10.1. The summed E-state index contributed by atoms with van der Waals surface area (Å²) in [6.45, 7) is 3.58. The van der Waals surface area contributed by atoms with Crippen LogP contribution in [0.15, 0.2) is 60.8 Å². The molecule has 2 aromatic heterocycles. The number of halogens is 3. The topological polar surface area (TPSA) is 59.3 Å². The van der Waals surface area contributed by atoms with Gasteiger partial charge in [-0.3, -0.25) is 4.79 Å². The van der Waals surface area contributed by atoms with Crippen molar-refractivity contribution in [1.29, 1.82) is 0 Å². The van der Waals surface area contributed by atoms with Gasteiger partial charge in [-0.1, -0.05) is 36.4 Å². The van der Waals surface area contributed by atoms with Gasteiger partial charge < -0.3 is 5.32 Å². The molecule has 152 valence electrons. The number of hydrogen-bond donors (Lipinski definition) is 1. The highest BCUT2D eigenvalue weighted by Gasteiger charge is 2.30. The minimum absolute atomic E-state index is 0.0518. The van der Waals surface area contributed by atoms with Crippen molar-refractivity contribution in [3.8, 4) is 11.1 Å². The minimum atomic E-state index is -4.49. The molecule has 0 unspecified atom stereocenters. The second-order valence-electron chi connectivity index (χ2n) is 6.85. The van der Waals surface area contributed by atoms with Crippen LogP contribution in [0.5, 0.6) is 0 Å². The molecule has 0 aliphatic carbocycles. The lowest BCUT2D eigenvalue weighted by molar-refractivity contribution is -0.137. The number of carbonyl (C=O) groups excluding carboxylic acids is 1. The van der Waals surface area contributed by atoms with Crippen LogP contribution in [0.1, 0.15) is 27.3 Å². The third-order valence-electron chi connectivity index (χ3n) is 4.81. The van der Waals surface area contributed by atoms with Crippen molar-refractivity contribution < 1.29 is 18.0 Å². The normalized spacial score (nSPS) is 11.6. The Morgan fingerprint density at radius 3 is 2.47 bits per heavy atom. The molecule has 1 amide bonds. The second-order valence-corrected chi connectivity index (χ2v) is 6.85. The summed E-state index contributed by atoms with van der Waals surface area (Å²) in [5.74, 6) is -0.560. The van der Waals surface area contributed by atoms with E-state index in [0.717, 1.165) is 29.0 Å². The van der Waals surface area contributed by atoms with E-state index in [1.165, 1.54) is 18.3 Å². The molecule has 1 N–H and O–H groups in total. The van der Waals surface area contributed by atoms with Gasteiger partial charge in [0.2, 0.25) is 0 Å². The quantitative estimate of drug-likeness (QED) is 0.500. The van der Waals surface area contributed by atoms with Crippen molar-refractivity contribution in [3.05, 3.63) is 83.3 Å². The maximum Gasteiger partial charge on any atom is 0.416 e. The molecule has 0 spiro atoms. The molecule has 0 aliphatic rings. The maximum atomic E-state index is 12.9. The van der Waals surface area contributed by atoms with Gasteiger partial charge in [0.05, 0.1) is 22.5 Å². The fourth-order valence-electron chi connectivity index (χ4n) is 3.34. The van der Waals surface area contributed by atoms with E-state index in [-0.39, 0.29) is 11.3 Å². The number of nitrogens with zero attached hydrogens (tertiary/aromatic N) is 3. The van der Waals surface area contributed by atoms with Crippen LogP contribution in [0.4, 0.5) is 18.9 Å². The molecule has 0 aliphatic heterocycles. The fourth-order valence-corrected chi connectivity index (χ4v) is 3.34. The predicted octanol–water partition coefficient (Wildman–Crippen LogP) is 5.28. The highest BCUT2D eigenvalue weighted by Crippen LogP contribution is 2.31. The number of benzene rings is 2. The van der Waals surface area contributed by atoms with Gasteiger partial charge >= 0.3 is 6.18 Å². The van der Waals surface area contributed by atoms with E-state index in [1.807, 2.05) is 37.3 Å². The fraction of sp³-hybridized carbons (Fsp3) is 0.136. The minimum Gasteiger partial charge on any atom is -0.322 e. The van der Waals surface area contributed by atoms with Crippen LogP contribution in [0, 0.1) is 13.8 Å². The van der Waals surface area contributed by atoms with E-state index < -0.39 is 17.6 Å². The zero-order valence-corrected chi connectivity index (χ0v) is 16.2. The first kappa shape index (κ1) is 19.6. The largest absolute Gasteiger partial charge is 0.416 e. The first-order valence-electron chi connectivity index (χ1n) is 9.14. The van der Waals surface area contributed by atoms with Gasteiger partial charge in [0.15, 0.2) is 5.65 Å². The Bertz CT molecular complexity index is 1250. The standard InChI is InChI=1S/C22H17F3N4O/c1-13-19(15-7-4-3-5-8-15)20-26-12-18(14(2)29(20)28-13)21(30)27-17-10-6-9-16(11-17)22(23,24)25/h3-12H,1-2H3,(H,27,30). The SMILES string of the molecule is Cc1nn2c(C)c(C(=O)Nc3cccc(C(F)(F)F)c3)cnc2c1-c1ccccc1. The molecule has 4 aromatic rings. The summed E-state index contributed by atoms with van der Waals surface area (Å²) >= 11 is 0. The van der Waals surface area contributed by atoms with Gasteiger partial charge in [0.1, 0.15) is 0 Å². The highest BCUT2D eigenvalue weighted by atomic mass is 19.4. The summed E-state index contributed by atoms with van der Waals surface area (Å²) in [5, 5.41) is 7.02. The van der Waals surface area contributed by atoms with Crippen LogP contribution in [0.25, 0.3) is 16.8 Å². The Kier molecular flexibility index (Phi) is 4.77. The highest BCUT2D eigenvalue weighted by molar-refractivity contribution is 6.05. The maximum absolute atomic E-state index is 12.9. The van der Waals surface area contributed by atoms with E-state index in [2.05, 4.69) is 15.4 Å². The summed E-state index contributed by atoms with van der Waals surface area (Å²) in [6.07, 6.45) is -3.07. The van der Waals surface area contributed by atoms with Gasteiger partial charge in [-0.15, -0.1) is 0 Å². The number of aryl methyl sites for hydroxylation is 2. The van der Waals surface area contributed by atoms with Crippen LogP contribution < -0.4 is 5.32 Å². The van der Waals surface area contributed by atoms with Crippen LogP contribution in [0.2, 0.25) is 0 Å². The van der Waals surface area contributed by atoms with Crippen molar-refractivity contribution in [2.24, 2.45) is 0 Å². The van der Waals surface area contributed by atoms with Crippen molar-refractivity contribution in [1.82, 2.24) is 14.6 Å². The van der Waals surface area contributed by atoms with E-state index >= 15 is 0 Å². The van der Waals surface area contributed by atoms with Crippen LogP contribution in [-0.2, 0) is 6.18 Å². The number of carbonyl (C=O) groups is 1. The van der Waals surface area contributed by atoms with Crippen LogP contribution >= 0.6 is 0 Å². The second kappa shape index (κ2) is 7.29. The molecule has 0 saturated heterocycles. The average Bonchev–Trinajstić information content (AvgIpc) is 3.05. The van der Waals surface area contributed by atoms with Crippen molar-refractivity contribution >= 4 is 17.2 Å². The van der Waals surface area contributed by atoms with Gasteiger partial charge in [0.25, 0.3) is 5.91 Å². The summed E-state index contributed by atoms with van der Waals surface area (Å²) in [7, 11) is 0. The predicted molar refractivity (Wildman–Crippen MR) is 107 cm³/mol. The van der Waals surface area contributed by atoms with Gasteiger partial charge in [-0.2, -0.15) is 18.3 Å². The lowest BCUT2D eigenvalue weighted by Gasteiger charge is -2.11. The molecule has 30 heavy (non-hydrogen) atoms. The lowest BCUT2D eigenvalue weighted by Crippen LogP contribution is -2.16. The Hall–Kier alpha value is -3.68. The molecule has 8 heteroatoms. The number of aromatic nitrogens is 3. The van der Waals surface area contributed by atoms with E-state index in [0.29, 0.717) is 11.3 Å². The van der Waals surface area contributed by atoms with Crippen LogP contribution in [-0.4, -0.2) is 20.5 Å². The number of amides is 1. The monoisotopic (exact) mass is 410 g/mol. The number of anilines is 1. The molecule has 0 bridgehead atoms. The van der Waals surface area contributed by atoms with Gasteiger partial charge in [-0.25, -0.2) is 9.50 Å². The van der Waals surface area contributed by atoms with Crippen LogP contribution in [0.3, 0.4) is 0 Å². The summed E-state index contributed by atoms with van der Waals surface area (Å²) in [4.78, 5) is 17.1. The van der Waals surface area contributed by atoms with Crippen molar-refractivity contribution in [2.45, 2.75) is 20.0 Å². The molecular weight excluding hydrogens is 393 g/mol. The molecule has 0 radical (unpaired) electrons. The zero-order valence-electron chi connectivity index (χ0n) is 16.2. The Morgan fingerprint density at radius 2 is 1.77 bits per heavy atom. The molecule has 5 nitrogen and oxygen atoms in total. The Morgan fingerprint density at radius 1 is 1.03 bits per heavy atom. The molecule has 0 atom stereocenters. The molecule has 4 rings (SSSR count). The van der Waals surface area contributed by atoms with Crippen molar-refractivity contribution in [2.75, 3.05) is 5.32 Å². The molecule has 2 aromatic carbocycles. The average molecular weight is 410 g/mol. The summed E-state index contributed by atoms with van der Waals surface area (Å²) in [5.41, 5.74) is 3.16. The molecule has 0 fully saturated rings. The van der Waals surface area contributed by atoms with Crippen molar-refractivity contribution in [3.63, 3.8) is 0 Å². The number of fused-ring (bicyclic) bond motifs is 1. The smallest absolute Gasteiger partial charge is 0.322 e. The zero-order chi connectivity index (χ0) is 21.5. The third-order valence-corrected chi connectivity index (χ3v) is 4.81. The third kappa shape index (κ3) is 3.52. The number of alkyl halides is 3. The first-order valence-corrected chi connectivity index (χ1v) is 9.14. The summed E-state index contributed by atoms with van der Waals surface area (Å²) in [6, 6.07) is 14.2. The first-order chi connectivity index (χ1) is 14.3. The van der Waals surface area contributed by atoms with E-state index in [1.54, 1.807) is 11.4 Å². The molecule has 2 heterocycles. The van der Waals surface area contributed by atoms with Gasteiger partial charge in [0, 0.05) is 17.4 Å². The van der Waals surface area contributed by atoms with E-state index in [9.17, 15) is 18.0 Å². The molecule has 0 saturated carbocycles. The number of rotatable bonds is 3. The Labute approximate surface area is 170 Å². The molecular formula is C22H17F3N4O.